The molecule has 1 unspecified atom stereocenters. The van der Waals surface area contributed by atoms with E-state index in [0.717, 1.165) is 62.8 Å². The van der Waals surface area contributed by atoms with Gasteiger partial charge in [-0.2, -0.15) is 0 Å². The number of methoxy groups -OCH3 is 1. The maximum Gasteiger partial charge on any atom is 0.267 e. The van der Waals surface area contributed by atoms with Crippen molar-refractivity contribution in [1.29, 1.82) is 0 Å². The molecular weight excluding hydrogens is 584 g/mol. The summed E-state index contributed by atoms with van der Waals surface area (Å²) in [6.45, 7) is 4.23. The zero-order valence-electron chi connectivity index (χ0n) is 23.3. The van der Waals surface area contributed by atoms with E-state index in [1.807, 2.05) is 73.7 Å². The first kappa shape index (κ1) is 27.1. The molecule has 6 nitrogen and oxygen atoms in total. The van der Waals surface area contributed by atoms with Crippen LogP contribution in [0.5, 0.6) is 5.75 Å². The molecule has 1 atom stereocenters. The lowest BCUT2D eigenvalue weighted by Gasteiger charge is -2.18. The first-order valence-electron chi connectivity index (χ1n) is 13.8. The van der Waals surface area contributed by atoms with Gasteiger partial charge in [0.25, 0.3) is 5.56 Å². The maximum atomic E-state index is 14.4. The minimum atomic E-state index is -0.0687. The Morgan fingerprint density at radius 2 is 1.90 bits per heavy atom. The van der Waals surface area contributed by atoms with Gasteiger partial charge in [-0.15, -0.1) is 11.3 Å². The van der Waals surface area contributed by atoms with E-state index in [-0.39, 0.29) is 5.56 Å². The van der Waals surface area contributed by atoms with Crippen molar-refractivity contribution in [3.05, 3.63) is 98.1 Å². The van der Waals surface area contributed by atoms with Crippen LogP contribution in [0.4, 0.5) is 0 Å². The summed E-state index contributed by atoms with van der Waals surface area (Å²) < 4.78 is 7.15. The molecule has 210 valence electrons. The van der Waals surface area contributed by atoms with Crippen LogP contribution in [0, 0.1) is 12.8 Å². The molecule has 1 aliphatic carbocycles. The molecule has 7 rings (SSSR count). The summed E-state index contributed by atoms with van der Waals surface area (Å²) in [5.41, 5.74) is 4.36. The number of thiophene rings is 1. The number of rotatable bonds is 5. The standard InChI is InChI=1S/C33H27ClN4O2S2/c1-18-11-14-24-27(15-18)41-31-28(24)32(39)38(21-13-12-19(2)25(34)17-21)33(37-31)42-30-23-9-4-5-10-26(23)35-29(36-30)20-7-6-8-22(16-20)40-3/h4-10,12-13,16-18H,11,14-15H2,1-3H3. The van der Waals surface area contributed by atoms with Gasteiger partial charge in [-0.1, -0.05) is 54.9 Å². The van der Waals surface area contributed by atoms with Crippen molar-refractivity contribution in [1.82, 2.24) is 19.5 Å². The molecule has 3 aromatic carbocycles. The highest BCUT2D eigenvalue weighted by molar-refractivity contribution is 7.99. The van der Waals surface area contributed by atoms with Gasteiger partial charge >= 0.3 is 0 Å². The van der Waals surface area contributed by atoms with Crippen LogP contribution in [0.1, 0.15) is 29.3 Å². The molecule has 0 saturated heterocycles. The van der Waals surface area contributed by atoms with Gasteiger partial charge < -0.3 is 4.74 Å². The summed E-state index contributed by atoms with van der Waals surface area (Å²) in [6, 6.07) is 21.3. The second-order valence-electron chi connectivity index (χ2n) is 10.7. The van der Waals surface area contributed by atoms with Crippen LogP contribution in [-0.2, 0) is 12.8 Å². The number of benzene rings is 3. The van der Waals surface area contributed by atoms with E-state index in [1.165, 1.54) is 16.6 Å². The normalized spacial score (nSPS) is 14.8. The molecule has 0 amide bonds. The summed E-state index contributed by atoms with van der Waals surface area (Å²) >= 11 is 9.60. The van der Waals surface area contributed by atoms with Crippen molar-refractivity contribution >= 4 is 55.8 Å². The second-order valence-corrected chi connectivity index (χ2v) is 13.2. The second kappa shape index (κ2) is 10.8. The Kier molecular flexibility index (Phi) is 7.00. The quantitative estimate of drug-likeness (QED) is 0.144. The third kappa shape index (κ3) is 4.77. The molecule has 0 saturated carbocycles. The van der Waals surface area contributed by atoms with E-state index in [0.29, 0.717) is 32.6 Å². The fourth-order valence-electron chi connectivity index (χ4n) is 5.49. The molecule has 3 heterocycles. The molecule has 0 radical (unpaired) electrons. The third-order valence-electron chi connectivity index (χ3n) is 7.80. The number of nitrogens with zero attached hydrogens (tertiary/aromatic N) is 4. The molecule has 1 aliphatic rings. The summed E-state index contributed by atoms with van der Waals surface area (Å²) in [7, 11) is 1.64. The van der Waals surface area contributed by atoms with Gasteiger partial charge in [0, 0.05) is 20.8 Å². The number of halogens is 1. The number of aromatic nitrogens is 4. The fourth-order valence-corrected chi connectivity index (χ4v) is 8.10. The zero-order chi connectivity index (χ0) is 29.0. The fraction of sp³-hybridized carbons (Fsp3) is 0.212. The molecule has 42 heavy (non-hydrogen) atoms. The van der Waals surface area contributed by atoms with Crippen molar-refractivity contribution in [2.75, 3.05) is 7.11 Å². The average Bonchev–Trinajstić information content (AvgIpc) is 3.36. The third-order valence-corrected chi connectivity index (χ3v) is 10.3. The van der Waals surface area contributed by atoms with Crippen molar-refractivity contribution in [3.63, 3.8) is 0 Å². The Hall–Kier alpha value is -3.72. The summed E-state index contributed by atoms with van der Waals surface area (Å²) in [5.74, 6) is 1.90. The Bertz CT molecular complexity index is 2070. The van der Waals surface area contributed by atoms with Gasteiger partial charge in [-0.25, -0.2) is 15.0 Å². The number of hydrogen-bond donors (Lipinski definition) is 0. The molecular formula is C33H27ClN4O2S2. The molecule has 3 aromatic heterocycles. The highest BCUT2D eigenvalue weighted by atomic mass is 35.5. The van der Waals surface area contributed by atoms with Crippen LogP contribution < -0.4 is 10.3 Å². The Labute approximate surface area is 256 Å². The van der Waals surface area contributed by atoms with Gasteiger partial charge in [0.05, 0.1) is 23.7 Å². The van der Waals surface area contributed by atoms with Gasteiger partial charge in [-0.3, -0.25) is 9.36 Å². The first-order valence-corrected chi connectivity index (χ1v) is 15.8. The highest BCUT2D eigenvalue weighted by Crippen LogP contribution is 2.39. The largest absolute Gasteiger partial charge is 0.497 e. The molecule has 0 aliphatic heterocycles. The van der Waals surface area contributed by atoms with Crippen LogP contribution in [-0.4, -0.2) is 26.6 Å². The van der Waals surface area contributed by atoms with Crippen LogP contribution in [0.15, 0.2) is 81.7 Å². The Morgan fingerprint density at radius 3 is 2.74 bits per heavy atom. The van der Waals surface area contributed by atoms with E-state index in [4.69, 9.17) is 31.3 Å². The molecule has 9 heteroatoms. The van der Waals surface area contributed by atoms with Crippen molar-refractivity contribution in [3.8, 4) is 22.8 Å². The lowest BCUT2D eigenvalue weighted by molar-refractivity contribution is 0.415. The van der Waals surface area contributed by atoms with Crippen molar-refractivity contribution in [2.45, 2.75) is 43.3 Å². The van der Waals surface area contributed by atoms with Gasteiger partial charge in [0.15, 0.2) is 11.0 Å². The predicted octanol–water partition coefficient (Wildman–Crippen LogP) is 8.30. The van der Waals surface area contributed by atoms with Gasteiger partial charge in [0.2, 0.25) is 0 Å². The van der Waals surface area contributed by atoms with Crippen LogP contribution in [0.3, 0.4) is 0 Å². The highest BCUT2D eigenvalue weighted by Gasteiger charge is 2.26. The van der Waals surface area contributed by atoms with Crippen molar-refractivity contribution < 1.29 is 4.74 Å². The monoisotopic (exact) mass is 610 g/mol. The lowest BCUT2D eigenvalue weighted by atomic mass is 9.89. The van der Waals surface area contributed by atoms with E-state index < -0.39 is 0 Å². The number of hydrogen-bond acceptors (Lipinski definition) is 7. The smallest absolute Gasteiger partial charge is 0.267 e. The van der Waals surface area contributed by atoms with Crippen LogP contribution >= 0.6 is 34.7 Å². The average molecular weight is 611 g/mol. The minimum absolute atomic E-state index is 0.0687. The molecule has 0 spiro atoms. The van der Waals surface area contributed by atoms with Crippen LogP contribution in [0.25, 0.3) is 38.2 Å². The predicted molar refractivity (Wildman–Crippen MR) is 172 cm³/mol. The summed E-state index contributed by atoms with van der Waals surface area (Å²) in [6.07, 6.45) is 2.95. The van der Waals surface area contributed by atoms with Crippen LogP contribution in [0.2, 0.25) is 5.02 Å². The summed E-state index contributed by atoms with van der Waals surface area (Å²) in [5, 5.41) is 3.47. The molecule has 0 fully saturated rings. The number of aryl methyl sites for hydroxylation is 2. The Morgan fingerprint density at radius 1 is 1.05 bits per heavy atom. The van der Waals surface area contributed by atoms with Gasteiger partial charge in [-0.05, 0) is 85.3 Å². The number of ether oxygens (including phenoxy) is 1. The topological polar surface area (TPSA) is 69.9 Å². The molecule has 0 N–H and O–H groups in total. The Balaban J connectivity index is 1.46. The molecule has 0 bridgehead atoms. The first-order chi connectivity index (χ1) is 20.4. The van der Waals surface area contributed by atoms with E-state index in [9.17, 15) is 4.79 Å². The van der Waals surface area contributed by atoms with Crippen molar-refractivity contribution in [2.24, 2.45) is 5.92 Å². The lowest BCUT2D eigenvalue weighted by Crippen LogP contribution is -2.22. The minimum Gasteiger partial charge on any atom is -0.497 e. The maximum absolute atomic E-state index is 14.4. The summed E-state index contributed by atoms with van der Waals surface area (Å²) in [4.78, 5) is 31.5. The zero-order valence-corrected chi connectivity index (χ0v) is 25.7. The van der Waals surface area contributed by atoms with Gasteiger partial charge in [0.1, 0.15) is 15.6 Å². The SMILES string of the molecule is COc1cccc(-c2nc(Sc3nc4sc5c(c4c(=O)n3-c3ccc(C)c(Cl)c3)CCC(C)C5)c3ccccc3n2)c1. The molecule has 6 aromatic rings. The van der Waals surface area contributed by atoms with E-state index in [1.54, 1.807) is 23.0 Å². The van der Waals surface area contributed by atoms with E-state index >= 15 is 0 Å². The van der Waals surface area contributed by atoms with E-state index in [2.05, 4.69) is 6.92 Å². The number of fused-ring (bicyclic) bond motifs is 4. The number of para-hydroxylation sites is 1.